The smallest absolute Gasteiger partial charge is 0.224 e. The second kappa shape index (κ2) is 8.53. The molecule has 2 rings (SSSR count). The Morgan fingerprint density at radius 3 is 2.43 bits per heavy atom. The molecule has 21 heavy (non-hydrogen) atoms. The lowest BCUT2D eigenvalue weighted by Crippen LogP contribution is -2.27. The van der Waals surface area contributed by atoms with Crippen molar-refractivity contribution in [1.29, 1.82) is 0 Å². The monoisotopic (exact) mass is 299 g/mol. The van der Waals surface area contributed by atoms with E-state index in [1.807, 2.05) is 49.0 Å². The summed E-state index contributed by atoms with van der Waals surface area (Å²) >= 11 is 1.84. The van der Waals surface area contributed by atoms with Gasteiger partial charge in [-0.2, -0.15) is 11.8 Å². The second-order valence-electron chi connectivity index (χ2n) is 5.05. The predicted octanol–water partition coefficient (Wildman–Crippen LogP) is 3.59. The molecule has 0 saturated heterocycles. The number of carbonyl (C=O) groups excluding carboxylic acids is 1. The Labute approximate surface area is 131 Å². The average Bonchev–Trinajstić information content (AvgIpc) is 2.50. The molecule has 0 radical (unpaired) electrons. The fourth-order valence-corrected chi connectivity index (χ4v) is 2.80. The van der Waals surface area contributed by atoms with Crippen LogP contribution in [0.25, 0.3) is 0 Å². The first-order chi connectivity index (χ1) is 10.2. The lowest BCUT2D eigenvalue weighted by atomic mass is 10.1. The molecule has 0 fully saturated rings. The topological polar surface area (TPSA) is 29.1 Å². The maximum absolute atomic E-state index is 11.8. The fraction of sp³-hybridized carbons (Fsp3) is 0.278. The Balaban J connectivity index is 1.60. The van der Waals surface area contributed by atoms with Gasteiger partial charge in [0.2, 0.25) is 5.91 Å². The fourth-order valence-electron chi connectivity index (χ4n) is 1.98. The first kappa shape index (κ1) is 15.6. The SMILES string of the molecule is Cc1ccc(CC(=O)NCCSCc2ccccc2)cc1. The van der Waals surface area contributed by atoms with Crippen molar-refractivity contribution in [1.82, 2.24) is 5.32 Å². The highest BCUT2D eigenvalue weighted by Crippen LogP contribution is 2.10. The molecule has 3 heteroatoms. The molecule has 0 aliphatic rings. The van der Waals surface area contributed by atoms with Crippen LogP contribution in [0, 0.1) is 6.92 Å². The quantitative estimate of drug-likeness (QED) is 0.792. The number of rotatable bonds is 7. The van der Waals surface area contributed by atoms with E-state index in [9.17, 15) is 4.79 Å². The summed E-state index contributed by atoms with van der Waals surface area (Å²) in [6, 6.07) is 18.5. The third kappa shape index (κ3) is 6.05. The summed E-state index contributed by atoms with van der Waals surface area (Å²) in [5.41, 5.74) is 3.61. The first-order valence-corrected chi connectivity index (χ1v) is 8.33. The molecule has 2 aromatic carbocycles. The molecule has 0 aromatic heterocycles. The largest absolute Gasteiger partial charge is 0.355 e. The van der Waals surface area contributed by atoms with Gasteiger partial charge >= 0.3 is 0 Å². The molecule has 2 aromatic rings. The zero-order valence-electron chi connectivity index (χ0n) is 12.3. The Morgan fingerprint density at radius 2 is 1.71 bits per heavy atom. The van der Waals surface area contributed by atoms with E-state index in [1.54, 1.807) is 0 Å². The molecule has 2 nitrogen and oxygen atoms in total. The third-order valence-electron chi connectivity index (χ3n) is 3.17. The van der Waals surface area contributed by atoms with Gasteiger partial charge in [0, 0.05) is 18.1 Å². The van der Waals surface area contributed by atoms with E-state index in [0.29, 0.717) is 6.42 Å². The van der Waals surface area contributed by atoms with Crippen LogP contribution >= 0.6 is 11.8 Å². The summed E-state index contributed by atoms with van der Waals surface area (Å²) in [7, 11) is 0. The summed E-state index contributed by atoms with van der Waals surface area (Å²) in [6.07, 6.45) is 0.462. The van der Waals surface area contributed by atoms with E-state index < -0.39 is 0 Å². The molecule has 0 atom stereocenters. The van der Waals surface area contributed by atoms with Crippen LogP contribution in [0.4, 0.5) is 0 Å². The number of amides is 1. The van der Waals surface area contributed by atoms with Gasteiger partial charge in [-0.1, -0.05) is 60.2 Å². The van der Waals surface area contributed by atoms with Crippen molar-refractivity contribution < 1.29 is 4.79 Å². The van der Waals surface area contributed by atoms with Gasteiger partial charge in [-0.05, 0) is 18.1 Å². The Bertz CT molecular complexity index is 551. The molecule has 0 aliphatic carbocycles. The minimum Gasteiger partial charge on any atom is -0.355 e. The number of aryl methyl sites for hydroxylation is 1. The van der Waals surface area contributed by atoms with Gasteiger partial charge in [-0.3, -0.25) is 4.79 Å². The van der Waals surface area contributed by atoms with Crippen molar-refractivity contribution in [2.45, 2.75) is 19.1 Å². The van der Waals surface area contributed by atoms with Crippen LogP contribution in [-0.2, 0) is 17.0 Å². The van der Waals surface area contributed by atoms with E-state index in [0.717, 1.165) is 23.6 Å². The van der Waals surface area contributed by atoms with Gasteiger partial charge in [0.1, 0.15) is 0 Å². The highest BCUT2D eigenvalue weighted by Gasteiger charge is 2.02. The number of hydrogen-bond donors (Lipinski definition) is 1. The van der Waals surface area contributed by atoms with E-state index in [2.05, 4.69) is 29.6 Å². The molecular formula is C18H21NOS. The number of carbonyl (C=O) groups is 1. The molecule has 1 amide bonds. The number of thioether (sulfide) groups is 1. The van der Waals surface area contributed by atoms with Crippen LogP contribution in [0.1, 0.15) is 16.7 Å². The standard InChI is InChI=1S/C18H21NOS/c1-15-7-9-16(10-8-15)13-18(20)19-11-12-21-14-17-5-3-2-4-6-17/h2-10H,11-14H2,1H3,(H,19,20). The average molecular weight is 299 g/mol. The number of hydrogen-bond acceptors (Lipinski definition) is 2. The van der Waals surface area contributed by atoms with E-state index >= 15 is 0 Å². The van der Waals surface area contributed by atoms with Crippen LogP contribution in [0.3, 0.4) is 0 Å². The molecule has 0 bridgehead atoms. The van der Waals surface area contributed by atoms with Crippen molar-refractivity contribution in [2.24, 2.45) is 0 Å². The van der Waals surface area contributed by atoms with E-state index in [-0.39, 0.29) is 5.91 Å². The van der Waals surface area contributed by atoms with Gasteiger partial charge in [-0.25, -0.2) is 0 Å². The van der Waals surface area contributed by atoms with Crippen LogP contribution in [0.15, 0.2) is 54.6 Å². The molecule has 0 spiro atoms. The van der Waals surface area contributed by atoms with Crippen molar-refractivity contribution in [3.8, 4) is 0 Å². The number of nitrogens with one attached hydrogen (secondary N) is 1. The molecule has 110 valence electrons. The summed E-state index contributed by atoms with van der Waals surface area (Å²) in [5, 5.41) is 2.97. The molecule has 0 aliphatic heterocycles. The van der Waals surface area contributed by atoms with Gasteiger partial charge in [0.05, 0.1) is 6.42 Å². The summed E-state index contributed by atoms with van der Waals surface area (Å²) < 4.78 is 0. The van der Waals surface area contributed by atoms with Gasteiger partial charge in [0.15, 0.2) is 0 Å². The molecule has 0 heterocycles. The van der Waals surface area contributed by atoms with Crippen LogP contribution in [0.2, 0.25) is 0 Å². The maximum Gasteiger partial charge on any atom is 0.224 e. The number of benzene rings is 2. The van der Waals surface area contributed by atoms with E-state index in [4.69, 9.17) is 0 Å². The maximum atomic E-state index is 11.8. The lowest BCUT2D eigenvalue weighted by Gasteiger charge is -2.06. The Morgan fingerprint density at radius 1 is 1.00 bits per heavy atom. The minimum absolute atomic E-state index is 0.0964. The summed E-state index contributed by atoms with van der Waals surface area (Å²) in [6.45, 7) is 2.77. The molecule has 0 unspecified atom stereocenters. The van der Waals surface area contributed by atoms with Crippen molar-refractivity contribution in [2.75, 3.05) is 12.3 Å². The van der Waals surface area contributed by atoms with Crippen molar-refractivity contribution in [3.05, 3.63) is 71.3 Å². The second-order valence-corrected chi connectivity index (χ2v) is 6.16. The van der Waals surface area contributed by atoms with Gasteiger partial charge in [-0.15, -0.1) is 0 Å². The molecular weight excluding hydrogens is 278 g/mol. The van der Waals surface area contributed by atoms with Crippen LogP contribution in [0.5, 0.6) is 0 Å². The van der Waals surface area contributed by atoms with Crippen molar-refractivity contribution in [3.63, 3.8) is 0 Å². The highest BCUT2D eigenvalue weighted by atomic mass is 32.2. The minimum atomic E-state index is 0.0964. The van der Waals surface area contributed by atoms with Gasteiger partial charge in [0.25, 0.3) is 0 Å². The lowest BCUT2D eigenvalue weighted by molar-refractivity contribution is -0.120. The first-order valence-electron chi connectivity index (χ1n) is 7.18. The van der Waals surface area contributed by atoms with Gasteiger partial charge < -0.3 is 5.32 Å². The highest BCUT2D eigenvalue weighted by molar-refractivity contribution is 7.98. The Hall–Kier alpha value is -1.74. The zero-order chi connectivity index (χ0) is 14.9. The van der Waals surface area contributed by atoms with E-state index in [1.165, 1.54) is 11.1 Å². The predicted molar refractivity (Wildman–Crippen MR) is 90.5 cm³/mol. The van der Waals surface area contributed by atoms with Crippen LogP contribution in [-0.4, -0.2) is 18.2 Å². The normalized spacial score (nSPS) is 10.3. The third-order valence-corrected chi connectivity index (χ3v) is 4.20. The zero-order valence-corrected chi connectivity index (χ0v) is 13.2. The van der Waals surface area contributed by atoms with Crippen molar-refractivity contribution >= 4 is 17.7 Å². The summed E-state index contributed by atoms with van der Waals surface area (Å²) in [5.74, 6) is 2.03. The summed E-state index contributed by atoms with van der Waals surface area (Å²) in [4.78, 5) is 11.8. The van der Waals surface area contributed by atoms with Crippen LogP contribution < -0.4 is 5.32 Å². The molecule has 0 saturated carbocycles. The molecule has 1 N–H and O–H groups in total. The Kier molecular flexibility index (Phi) is 6.35.